The maximum atomic E-state index is 11.6. The summed E-state index contributed by atoms with van der Waals surface area (Å²) >= 11 is 1.51. The van der Waals surface area contributed by atoms with E-state index < -0.39 is 5.97 Å². The molecule has 0 atom stereocenters. The van der Waals surface area contributed by atoms with E-state index >= 15 is 0 Å². The molecule has 0 N–H and O–H groups in total. The molecular formula is C15H12N2O3S. The number of carbonyl (C=O) groups is 1. The zero-order valence-corrected chi connectivity index (χ0v) is 12.1. The fourth-order valence-corrected chi connectivity index (χ4v) is 2.61. The molecule has 0 saturated carbocycles. The summed E-state index contributed by atoms with van der Waals surface area (Å²) in [6, 6.07) is 11.4. The van der Waals surface area contributed by atoms with Gasteiger partial charge in [0, 0.05) is 17.0 Å². The molecule has 1 aromatic carbocycles. The normalized spacial score (nSPS) is 10.5. The van der Waals surface area contributed by atoms with Crippen molar-refractivity contribution in [2.45, 2.75) is 6.92 Å². The topological polar surface area (TPSA) is 65.2 Å². The minimum atomic E-state index is -0.494. The lowest BCUT2D eigenvalue weighted by Crippen LogP contribution is -2.04. The van der Waals surface area contributed by atoms with Gasteiger partial charge in [-0.3, -0.25) is 0 Å². The van der Waals surface area contributed by atoms with Gasteiger partial charge in [-0.2, -0.15) is 0 Å². The maximum absolute atomic E-state index is 11.6. The molecule has 106 valence electrons. The van der Waals surface area contributed by atoms with Gasteiger partial charge in [0.05, 0.1) is 6.61 Å². The van der Waals surface area contributed by atoms with Crippen LogP contribution >= 0.6 is 11.3 Å². The van der Waals surface area contributed by atoms with Gasteiger partial charge in [-0.25, -0.2) is 9.78 Å². The quantitative estimate of drug-likeness (QED) is 0.688. The van der Waals surface area contributed by atoms with Gasteiger partial charge in [0.2, 0.25) is 0 Å². The second-order valence-corrected chi connectivity index (χ2v) is 5.06. The first-order valence-corrected chi connectivity index (χ1v) is 7.31. The minimum Gasteiger partial charge on any atom is -0.461 e. The van der Waals surface area contributed by atoms with Crippen molar-refractivity contribution in [3.63, 3.8) is 0 Å². The van der Waals surface area contributed by atoms with Crippen LogP contribution in [0.1, 0.15) is 17.4 Å². The smallest absolute Gasteiger partial charge is 0.360 e. The van der Waals surface area contributed by atoms with Crippen LogP contribution in [-0.2, 0) is 4.74 Å². The van der Waals surface area contributed by atoms with Gasteiger partial charge < -0.3 is 9.26 Å². The highest BCUT2D eigenvalue weighted by Gasteiger charge is 2.16. The Bertz CT molecular complexity index is 749. The van der Waals surface area contributed by atoms with Gasteiger partial charge in [0.15, 0.2) is 11.5 Å². The molecule has 0 fully saturated rings. The zero-order chi connectivity index (χ0) is 14.7. The molecular weight excluding hydrogens is 288 g/mol. The third-order valence-corrected chi connectivity index (χ3v) is 3.66. The molecule has 3 rings (SSSR count). The summed E-state index contributed by atoms with van der Waals surface area (Å²) < 4.78 is 10.0. The molecule has 21 heavy (non-hydrogen) atoms. The summed E-state index contributed by atoms with van der Waals surface area (Å²) in [6.07, 6.45) is 0. The first kappa shape index (κ1) is 13.5. The fourth-order valence-electron chi connectivity index (χ4n) is 1.80. The largest absolute Gasteiger partial charge is 0.461 e. The number of rotatable bonds is 4. The summed E-state index contributed by atoms with van der Waals surface area (Å²) in [5, 5.41) is 6.47. The number of benzene rings is 1. The van der Waals surface area contributed by atoms with E-state index in [1.54, 1.807) is 13.0 Å². The molecule has 0 bridgehead atoms. The van der Waals surface area contributed by atoms with E-state index in [1.165, 1.54) is 11.3 Å². The summed E-state index contributed by atoms with van der Waals surface area (Å²) in [6.45, 7) is 2.04. The van der Waals surface area contributed by atoms with Gasteiger partial charge in [-0.1, -0.05) is 35.5 Å². The highest BCUT2D eigenvalue weighted by molar-refractivity contribution is 7.13. The summed E-state index contributed by atoms with van der Waals surface area (Å²) in [5.41, 5.74) is 1.85. The first-order valence-electron chi connectivity index (χ1n) is 6.43. The minimum absolute atomic E-state index is 0.154. The Morgan fingerprint density at radius 3 is 2.90 bits per heavy atom. The number of hydrogen-bond acceptors (Lipinski definition) is 6. The molecule has 0 radical (unpaired) electrons. The van der Waals surface area contributed by atoms with Crippen LogP contribution in [0.25, 0.3) is 22.0 Å². The summed E-state index contributed by atoms with van der Waals surface area (Å²) in [5.74, 6) is -0.0394. The molecule has 6 heteroatoms. The predicted octanol–water partition coefficient (Wildman–Crippen LogP) is 3.64. The van der Waals surface area contributed by atoms with Gasteiger partial charge in [0.25, 0.3) is 0 Å². The highest BCUT2D eigenvalue weighted by atomic mass is 32.1. The van der Waals surface area contributed by atoms with Crippen LogP contribution in [0.5, 0.6) is 0 Å². The monoisotopic (exact) mass is 300 g/mol. The maximum Gasteiger partial charge on any atom is 0.360 e. The van der Waals surface area contributed by atoms with E-state index in [2.05, 4.69) is 10.1 Å². The average Bonchev–Trinajstić information content (AvgIpc) is 3.17. The van der Waals surface area contributed by atoms with Crippen molar-refractivity contribution in [3.05, 3.63) is 47.5 Å². The Labute approximate surface area is 125 Å². The molecule has 0 spiro atoms. The van der Waals surface area contributed by atoms with E-state index in [0.29, 0.717) is 18.1 Å². The Kier molecular flexibility index (Phi) is 3.79. The zero-order valence-electron chi connectivity index (χ0n) is 11.3. The van der Waals surface area contributed by atoms with Crippen molar-refractivity contribution in [3.8, 4) is 22.0 Å². The lowest BCUT2D eigenvalue weighted by molar-refractivity contribution is 0.0514. The second kappa shape index (κ2) is 5.88. The Balaban J connectivity index is 1.85. The van der Waals surface area contributed by atoms with Crippen LogP contribution in [0.15, 0.2) is 46.3 Å². The molecule has 0 aliphatic heterocycles. The number of thiazole rings is 1. The summed E-state index contributed by atoms with van der Waals surface area (Å²) in [7, 11) is 0. The number of aromatic nitrogens is 2. The third kappa shape index (κ3) is 2.85. The molecule has 3 aromatic rings. The molecule has 5 nitrogen and oxygen atoms in total. The Morgan fingerprint density at radius 2 is 2.14 bits per heavy atom. The van der Waals surface area contributed by atoms with Crippen molar-refractivity contribution in [2.75, 3.05) is 6.61 Å². The van der Waals surface area contributed by atoms with E-state index in [0.717, 1.165) is 10.6 Å². The van der Waals surface area contributed by atoms with Crippen LogP contribution in [0, 0.1) is 0 Å². The fraction of sp³-hybridized carbons (Fsp3) is 0.133. The van der Waals surface area contributed by atoms with Gasteiger partial charge >= 0.3 is 5.97 Å². The van der Waals surface area contributed by atoms with E-state index in [-0.39, 0.29) is 5.69 Å². The standard InChI is InChI=1S/C15H12N2O3S/c1-2-19-15(18)11-8-13(20-17-11)12-9-21-14(16-12)10-6-4-3-5-7-10/h3-9H,2H2,1H3. The Morgan fingerprint density at radius 1 is 1.33 bits per heavy atom. The molecule has 0 aliphatic rings. The van der Waals surface area contributed by atoms with Gasteiger partial charge in [0.1, 0.15) is 10.7 Å². The average molecular weight is 300 g/mol. The van der Waals surface area contributed by atoms with Crippen LogP contribution in [-0.4, -0.2) is 22.7 Å². The van der Waals surface area contributed by atoms with Gasteiger partial charge in [-0.15, -0.1) is 11.3 Å². The van der Waals surface area contributed by atoms with Crippen molar-refractivity contribution in [1.29, 1.82) is 0 Å². The van der Waals surface area contributed by atoms with E-state index in [1.807, 2.05) is 35.7 Å². The summed E-state index contributed by atoms with van der Waals surface area (Å²) in [4.78, 5) is 16.1. The molecule has 0 unspecified atom stereocenters. The van der Waals surface area contributed by atoms with Crippen molar-refractivity contribution < 1.29 is 14.1 Å². The van der Waals surface area contributed by atoms with Crippen molar-refractivity contribution >= 4 is 17.3 Å². The molecule has 0 saturated heterocycles. The lowest BCUT2D eigenvalue weighted by atomic mass is 10.2. The molecule has 2 aromatic heterocycles. The number of nitrogens with zero attached hydrogens (tertiary/aromatic N) is 2. The van der Waals surface area contributed by atoms with E-state index in [4.69, 9.17) is 9.26 Å². The van der Waals surface area contributed by atoms with Gasteiger partial charge in [-0.05, 0) is 6.92 Å². The van der Waals surface area contributed by atoms with Crippen molar-refractivity contribution in [1.82, 2.24) is 10.1 Å². The molecule has 0 amide bonds. The van der Waals surface area contributed by atoms with E-state index in [9.17, 15) is 4.79 Å². The SMILES string of the molecule is CCOC(=O)c1cc(-c2csc(-c3ccccc3)n2)on1. The van der Waals surface area contributed by atoms with Crippen LogP contribution in [0.4, 0.5) is 0 Å². The van der Waals surface area contributed by atoms with Crippen molar-refractivity contribution in [2.24, 2.45) is 0 Å². The third-order valence-electron chi connectivity index (χ3n) is 2.77. The highest BCUT2D eigenvalue weighted by Crippen LogP contribution is 2.29. The number of carbonyl (C=O) groups excluding carboxylic acids is 1. The van der Waals surface area contributed by atoms with Crippen LogP contribution in [0.3, 0.4) is 0 Å². The lowest BCUT2D eigenvalue weighted by Gasteiger charge is -1.94. The molecule has 2 heterocycles. The predicted molar refractivity (Wildman–Crippen MR) is 79.0 cm³/mol. The Hall–Kier alpha value is -2.47. The van der Waals surface area contributed by atoms with Crippen LogP contribution in [0.2, 0.25) is 0 Å². The molecule has 0 aliphatic carbocycles. The number of esters is 1. The number of hydrogen-bond donors (Lipinski definition) is 0. The second-order valence-electron chi connectivity index (χ2n) is 4.20. The number of ether oxygens (including phenoxy) is 1. The first-order chi connectivity index (χ1) is 10.3. The van der Waals surface area contributed by atoms with Crippen LogP contribution < -0.4 is 0 Å².